The third kappa shape index (κ3) is 5.51. The second-order valence-corrected chi connectivity index (χ2v) is 6.56. The van der Waals surface area contributed by atoms with Crippen LogP contribution in [-0.2, 0) is 13.0 Å². The lowest BCUT2D eigenvalue weighted by atomic mass is 10.1. The van der Waals surface area contributed by atoms with Crippen molar-refractivity contribution in [1.82, 2.24) is 15.6 Å². The maximum atomic E-state index is 12.0. The molecule has 0 unspecified atom stereocenters. The maximum absolute atomic E-state index is 12.0. The van der Waals surface area contributed by atoms with Crippen molar-refractivity contribution < 1.29 is 18.7 Å². The molecule has 7 nitrogen and oxygen atoms in total. The lowest BCUT2D eigenvalue weighted by Gasteiger charge is -2.10. The van der Waals surface area contributed by atoms with Gasteiger partial charge in [0.1, 0.15) is 6.26 Å². The maximum Gasteiger partial charge on any atom is 0.315 e. The molecule has 2 N–H and O–H groups in total. The van der Waals surface area contributed by atoms with Crippen LogP contribution in [0.4, 0.5) is 4.79 Å². The van der Waals surface area contributed by atoms with Crippen LogP contribution in [0.15, 0.2) is 53.1 Å². The highest BCUT2D eigenvalue weighted by molar-refractivity contribution is 5.73. The number of hydrogen-bond donors (Lipinski definition) is 2. The molecule has 0 aliphatic heterocycles. The molecule has 2 aromatic carbocycles. The number of aromatic nitrogens is 1. The van der Waals surface area contributed by atoms with Crippen LogP contribution in [0.25, 0.3) is 11.5 Å². The Hall–Kier alpha value is -3.48. The van der Waals surface area contributed by atoms with E-state index in [2.05, 4.69) is 15.6 Å². The molecule has 0 atom stereocenters. The number of urea groups is 1. The first kappa shape index (κ1) is 20.3. The van der Waals surface area contributed by atoms with E-state index in [1.807, 2.05) is 49.4 Å². The van der Waals surface area contributed by atoms with E-state index in [-0.39, 0.29) is 6.03 Å². The van der Waals surface area contributed by atoms with Crippen molar-refractivity contribution in [3.63, 3.8) is 0 Å². The summed E-state index contributed by atoms with van der Waals surface area (Å²) < 4.78 is 16.0. The summed E-state index contributed by atoms with van der Waals surface area (Å²) in [6.07, 6.45) is 2.21. The Morgan fingerprint density at radius 2 is 1.79 bits per heavy atom. The highest BCUT2D eigenvalue weighted by atomic mass is 16.5. The number of methoxy groups -OCH3 is 2. The Morgan fingerprint density at radius 1 is 1.03 bits per heavy atom. The third-order valence-electron chi connectivity index (χ3n) is 4.42. The van der Waals surface area contributed by atoms with E-state index in [1.54, 1.807) is 20.5 Å². The minimum atomic E-state index is -0.248. The Balaban J connectivity index is 1.44. The summed E-state index contributed by atoms with van der Waals surface area (Å²) in [5.74, 6) is 1.86. The summed E-state index contributed by atoms with van der Waals surface area (Å²) in [6, 6.07) is 13.3. The van der Waals surface area contributed by atoms with Gasteiger partial charge in [-0.25, -0.2) is 9.78 Å². The minimum Gasteiger partial charge on any atom is -0.493 e. The molecule has 7 heteroatoms. The number of ether oxygens (including phenoxy) is 2. The van der Waals surface area contributed by atoms with Gasteiger partial charge < -0.3 is 24.5 Å². The first-order valence-electron chi connectivity index (χ1n) is 9.33. The monoisotopic (exact) mass is 395 g/mol. The van der Waals surface area contributed by atoms with Crippen LogP contribution in [0.5, 0.6) is 11.5 Å². The quantitative estimate of drug-likeness (QED) is 0.607. The van der Waals surface area contributed by atoms with Gasteiger partial charge >= 0.3 is 6.03 Å². The summed E-state index contributed by atoms with van der Waals surface area (Å²) in [5, 5.41) is 5.64. The molecule has 0 aliphatic rings. The summed E-state index contributed by atoms with van der Waals surface area (Å²) >= 11 is 0. The van der Waals surface area contributed by atoms with Gasteiger partial charge in [0, 0.05) is 25.1 Å². The molecule has 0 fully saturated rings. The number of aryl methyl sites for hydroxylation is 1. The minimum absolute atomic E-state index is 0.248. The first-order chi connectivity index (χ1) is 14.1. The van der Waals surface area contributed by atoms with Crippen LogP contribution in [-0.4, -0.2) is 31.8 Å². The summed E-state index contributed by atoms with van der Waals surface area (Å²) in [6.45, 7) is 2.87. The lowest BCUT2D eigenvalue weighted by molar-refractivity contribution is 0.240. The summed E-state index contributed by atoms with van der Waals surface area (Å²) in [5.41, 5.74) is 3.82. The van der Waals surface area contributed by atoms with Crippen molar-refractivity contribution in [3.8, 4) is 23.0 Å². The molecule has 3 rings (SSSR count). The van der Waals surface area contributed by atoms with Gasteiger partial charge in [0.25, 0.3) is 0 Å². The molecule has 0 aliphatic carbocycles. The topological polar surface area (TPSA) is 85.6 Å². The Labute approximate surface area is 170 Å². The smallest absolute Gasteiger partial charge is 0.315 e. The van der Waals surface area contributed by atoms with Gasteiger partial charge in [0.2, 0.25) is 5.89 Å². The normalized spacial score (nSPS) is 10.4. The second kappa shape index (κ2) is 9.64. The van der Waals surface area contributed by atoms with Crippen molar-refractivity contribution in [1.29, 1.82) is 0 Å². The number of carbonyl (C=O) groups excluding carboxylic acids is 1. The number of nitrogens with one attached hydrogen (secondary N) is 2. The number of carbonyl (C=O) groups is 1. The van der Waals surface area contributed by atoms with E-state index in [1.165, 1.54) is 5.56 Å². The molecule has 3 aromatic rings. The molecular weight excluding hydrogens is 370 g/mol. The van der Waals surface area contributed by atoms with E-state index in [4.69, 9.17) is 13.9 Å². The van der Waals surface area contributed by atoms with Crippen molar-refractivity contribution >= 4 is 6.03 Å². The van der Waals surface area contributed by atoms with Crippen molar-refractivity contribution in [3.05, 3.63) is 65.5 Å². The van der Waals surface area contributed by atoms with Gasteiger partial charge in [-0.3, -0.25) is 0 Å². The molecule has 0 spiro atoms. The van der Waals surface area contributed by atoms with Crippen LogP contribution >= 0.6 is 0 Å². The highest BCUT2D eigenvalue weighted by Crippen LogP contribution is 2.27. The average Bonchev–Trinajstić information content (AvgIpc) is 3.21. The number of benzene rings is 2. The standard InChI is InChI=1S/C22H25N3O4/c1-15-4-7-17(8-5-15)21-25-18(14-29-21)10-11-23-22(26)24-13-16-6-9-19(27-2)20(12-16)28-3/h4-9,12,14H,10-11,13H2,1-3H3,(H2,23,24,26). The van der Waals surface area contributed by atoms with Gasteiger partial charge in [-0.05, 0) is 36.8 Å². The van der Waals surface area contributed by atoms with Crippen molar-refractivity contribution in [2.45, 2.75) is 19.9 Å². The molecule has 1 heterocycles. The van der Waals surface area contributed by atoms with Gasteiger partial charge in [0.15, 0.2) is 11.5 Å². The molecular formula is C22H25N3O4. The lowest BCUT2D eigenvalue weighted by Crippen LogP contribution is -2.36. The Morgan fingerprint density at radius 3 is 2.52 bits per heavy atom. The largest absolute Gasteiger partial charge is 0.493 e. The number of oxazole rings is 1. The van der Waals surface area contributed by atoms with Crippen LogP contribution in [0.2, 0.25) is 0 Å². The molecule has 0 saturated heterocycles. The molecule has 0 bridgehead atoms. The number of nitrogens with zero attached hydrogens (tertiary/aromatic N) is 1. The molecule has 1 aromatic heterocycles. The molecule has 0 radical (unpaired) electrons. The molecule has 0 saturated carbocycles. The van der Waals surface area contributed by atoms with Crippen LogP contribution in [0, 0.1) is 6.92 Å². The number of rotatable bonds is 8. The summed E-state index contributed by atoms with van der Waals surface area (Å²) in [7, 11) is 3.16. The zero-order chi connectivity index (χ0) is 20.6. The molecule has 152 valence electrons. The second-order valence-electron chi connectivity index (χ2n) is 6.56. The Bertz CT molecular complexity index is 951. The van der Waals surface area contributed by atoms with Gasteiger partial charge in [-0.15, -0.1) is 0 Å². The van der Waals surface area contributed by atoms with Crippen LogP contribution < -0.4 is 20.1 Å². The third-order valence-corrected chi connectivity index (χ3v) is 4.42. The first-order valence-corrected chi connectivity index (χ1v) is 9.33. The van der Waals surface area contributed by atoms with Crippen molar-refractivity contribution in [2.75, 3.05) is 20.8 Å². The van der Waals surface area contributed by atoms with E-state index in [0.717, 1.165) is 16.8 Å². The highest BCUT2D eigenvalue weighted by Gasteiger charge is 2.08. The number of amides is 2. The molecule has 2 amide bonds. The fraction of sp³-hybridized carbons (Fsp3) is 0.273. The predicted octanol–water partition coefficient (Wildman–Crippen LogP) is 3.71. The summed E-state index contributed by atoms with van der Waals surface area (Å²) in [4.78, 5) is 16.5. The zero-order valence-corrected chi connectivity index (χ0v) is 16.8. The van der Waals surface area contributed by atoms with Gasteiger partial charge in [-0.1, -0.05) is 23.8 Å². The van der Waals surface area contributed by atoms with E-state index in [0.29, 0.717) is 36.9 Å². The van der Waals surface area contributed by atoms with E-state index < -0.39 is 0 Å². The fourth-order valence-electron chi connectivity index (χ4n) is 2.79. The predicted molar refractivity (Wildman–Crippen MR) is 110 cm³/mol. The van der Waals surface area contributed by atoms with Crippen molar-refractivity contribution in [2.24, 2.45) is 0 Å². The fourth-order valence-corrected chi connectivity index (χ4v) is 2.79. The number of hydrogen-bond acceptors (Lipinski definition) is 5. The van der Waals surface area contributed by atoms with Crippen LogP contribution in [0.1, 0.15) is 16.8 Å². The van der Waals surface area contributed by atoms with E-state index in [9.17, 15) is 4.79 Å². The zero-order valence-electron chi connectivity index (χ0n) is 16.8. The average molecular weight is 395 g/mol. The molecule has 29 heavy (non-hydrogen) atoms. The van der Waals surface area contributed by atoms with E-state index >= 15 is 0 Å². The van der Waals surface area contributed by atoms with Gasteiger partial charge in [-0.2, -0.15) is 0 Å². The van der Waals surface area contributed by atoms with Crippen LogP contribution in [0.3, 0.4) is 0 Å². The SMILES string of the molecule is COc1ccc(CNC(=O)NCCc2coc(-c3ccc(C)cc3)n2)cc1OC. The Kier molecular flexibility index (Phi) is 6.73. The van der Waals surface area contributed by atoms with Gasteiger partial charge in [0.05, 0.1) is 19.9 Å².